The summed E-state index contributed by atoms with van der Waals surface area (Å²) in [6.45, 7) is 0. The zero-order valence-electron chi connectivity index (χ0n) is 18.2. The van der Waals surface area contributed by atoms with Crippen LogP contribution in [0.3, 0.4) is 0 Å². The Balaban J connectivity index is 1.64. The smallest absolute Gasteiger partial charge is 0.455 e. The van der Waals surface area contributed by atoms with Gasteiger partial charge in [0, 0.05) is 21.7 Å². The summed E-state index contributed by atoms with van der Waals surface area (Å²) in [6.07, 6.45) is 0. The van der Waals surface area contributed by atoms with Crippen molar-refractivity contribution in [2.24, 2.45) is 0 Å². The highest BCUT2D eigenvalue weighted by Gasteiger charge is 2.18. The van der Waals surface area contributed by atoms with E-state index in [0.29, 0.717) is 5.46 Å². The third-order valence-electron chi connectivity index (χ3n) is 6.87. The molecule has 2 N–H and O–H groups in total. The summed E-state index contributed by atoms with van der Waals surface area (Å²) in [5.41, 5.74) is 3.94. The van der Waals surface area contributed by atoms with Crippen LogP contribution in [-0.2, 0) is 0 Å². The first-order valence-electron chi connectivity index (χ1n) is 11.3. The van der Waals surface area contributed by atoms with E-state index in [4.69, 9.17) is 4.42 Å². The van der Waals surface area contributed by atoms with E-state index in [9.17, 15) is 10.0 Å². The van der Waals surface area contributed by atoms with Crippen LogP contribution < -0.4 is 5.46 Å². The first-order valence-corrected chi connectivity index (χ1v) is 11.3. The molecule has 7 aromatic rings. The van der Waals surface area contributed by atoms with Crippen LogP contribution in [0.4, 0.5) is 0 Å². The number of rotatable bonds is 2. The van der Waals surface area contributed by atoms with Gasteiger partial charge in [-0.1, -0.05) is 97.1 Å². The predicted octanol–water partition coefficient (Wildman–Crippen LogP) is 6.39. The maximum atomic E-state index is 9.66. The predicted molar refractivity (Wildman–Crippen MR) is 141 cm³/mol. The Bertz CT molecular complexity index is 1860. The summed E-state index contributed by atoms with van der Waals surface area (Å²) in [5.74, 6) is 0. The van der Waals surface area contributed by atoms with Gasteiger partial charge in [-0.25, -0.2) is 0 Å². The molecule has 0 saturated heterocycles. The number of benzene rings is 6. The molecule has 0 amide bonds. The van der Waals surface area contributed by atoms with Gasteiger partial charge in [-0.2, -0.15) is 0 Å². The fraction of sp³-hybridized carbons (Fsp3) is 0. The molecule has 0 radical (unpaired) electrons. The number of fused-ring (bicyclic) bond motifs is 10. The highest BCUT2D eigenvalue weighted by atomic mass is 16.4. The SMILES string of the molecule is OB(O)c1cccc(-c2cccc3c2oc2c3ccc3c4ccccc4c4ccccc4c32)c1. The standard InChI is InChI=1S/C30H19BO3/c32-31(33)19-8-5-7-18(17-19)20-13-6-14-26-27-16-15-25-23-11-2-1-9-21(23)22-10-3-4-12-24(22)28(25)30(27)34-29(20)26/h1-17,32-33H. The van der Waals surface area contributed by atoms with Crippen molar-refractivity contribution in [3.63, 3.8) is 0 Å². The summed E-state index contributed by atoms with van der Waals surface area (Å²) >= 11 is 0. The largest absolute Gasteiger partial charge is 0.488 e. The molecule has 1 aromatic heterocycles. The van der Waals surface area contributed by atoms with Crippen LogP contribution in [0.15, 0.2) is 108 Å². The number of furan rings is 1. The molecular weight excluding hydrogens is 419 g/mol. The van der Waals surface area contributed by atoms with Crippen molar-refractivity contribution in [2.75, 3.05) is 0 Å². The molecule has 0 fully saturated rings. The normalized spacial score (nSPS) is 11.8. The lowest BCUT2D eigenvalue weighted by Gasteiger charge is -2.10. The van der Waals surface area contributed by atoms with E-state index in [1.807, 2.05) is 24.3 Å². The van der Waals surface area contributed by atoms with E-state index in [1.54, 1.807) is 12.1 Å². The number of hydrogen-bond donors (Lipinski definition) is 2. The molecule has 0 aliphatic carbocycles. The zero-order chi connectivity index (χ0) is 22.8. The lowest BCUT2D eigenvalue weighted by molar-refractivity contribution is 0.426. The van der Waals surface area contributed by atoms with Gasteiger partial charge in [-0.15, -0.1) is 0 Å². The Kier molecular flexibility index (Phi) is 4.10. The second-order valence-corrected chi connectivity index (χ2v) is 8.74. The average molecular weight is 438 g/mol. The molecule has 0 bridgehead atoms. The highest BCUT2D eigenvalue weighted by Crippen LogP contribution is 2.43. The van der Waals surface area contributed by atoms with Crippen molar-refractivity contribution in [3.05, 3.63) is 103 Å². The van der Waals surface area contributed by atoms with Crippen LogP contribution in [0.5, 0.6) is 0 Å². The Hall–Kier alpha value is -4.12. The molecule has 6 aromatic carbocycles. The van der Waals surface area contributed by atoms with Gasteiger partial charge >= 0.3 is 7.12 Å². The molecular formula is C30H19BO3. The Morgan fingerprint density at radius 3 is 1.79 bits per heavy atom. The molecule has 4 heteroatoms. The average Bonchev–Trinajstić information content (AvgIpc) is 3.27. The molecule has 3 nitrogen and oxygen atoms in total. The van der Waals surface area contributed by atoms with E-state index in [1.165, 1.54) is 26.9 Å². The van der Waals surface area contributed by atoms with Gasteiger partial charge in [0.2, 0.25) is 0 Å². The minimum atomic E-state index is -1.52. The van der Waals surface area contributed by atoms with Gasteiger partial charge in [0.1, 0.15) is 11.2 Å². The molecule has 0 unspecified atom stereocenters. The van der Waals surface area contributed by atoms with Crippen molar-refractivity contribution < 1.29 is 14.5 Å². The molecule has 0 aliphatic heterocycles. The Morgan fingerprint density at radius 1 is 0.500 bits per heavy atom. The van der Waals surface area contributed by atoms with Crippen LogP contribution in [0.2, 0.25) is 0 Å². The number of hydrogen-bond acceptors (Lipinski definition) is 3. The third-order valence-corrected chi connectivity index (χ3v) is 6.87. The van der Waals surface area contributed by atoms with Gasteiger partial charge in [-0.05, 0) is 44.0 Å². The second-order valence-electron chi connectivity index (χ2n) is 8.74. The molecule has 0 spiro atoms. The maximum Gasteiger partial charge on any atom is 0.488 e. The third kappa shape index (κ3) is 2.67. The summed E-state index contributed by atoms with van der Waals surface area (Å²) in [5, 5.41) is 28.6. The van der Waals surface area contributed by atoms with Crippen molar-refractivity contribution in [3.8, 4) is 11.1 Å². The maximum absolute atomic E-state index is 9.66. The molecule has 1 heterocycles. The Morgan fingerprint density at radius 2 is 1.06 bits per heavy atom. The Labute approximate surface area is 195 Å². The van der Waals surface area contributed by atoms with Gasteiger partial charge in [0.05, 0.1) is 0 Å². The zero-order valence-corrected chi connectivity index (χ0v) is 18.2. The molecule has 34 heavy (non-hydrogen) atoms. The molecule has 160 valence electrons. The lowest BCUT2D eigenvalue weighted by Crippen LogP contribution is -2.29. The van der Waals surface area contributed by atoms with Crippen LogP contribution >= 0.6 is 0 Å². The molecule has 0 atom stereocenters. The van der Waals surface area contributed by atoms with E-state index in [2.05, 4.69) is 66.7 Å². The molecule has 0 aliphatic rings. The highest BCUT2D eigenvalue weighted by molar-refractivity contribution is 6.58. The summed E-state index contributed by atoms with van der Waals surface area (Å²) in [4.78, 5) is 0. The van der Waals surface area contributed by atoms with Crippen LogP contribution in [-0.4, -0.2) is 17.2 Å². The number of para-hydroxylation sites is 1. The lowest BCUT2D eigenvalue weighted by atomic mass is 9.79. The molecule has 7 rings (SSSR count). The minimum absolute atomic E-state index is 0.452. The van der Waals surface area contributed by atoms with Crippen molar-refractivity contribution in [1.82, 2.24) is 0 Å². The van der Waals surface area contributed by atoms with Crippen LogP contribution in [0, 0.1) is 0 Å². The topological polar surface area (TPSA) is 53.6 Å². The van der Waals surface area contributed by atoms with E-state index >= 15 is 0 Å². The fourth-order valence-corrected chi connectivity index (χ4v) is 5.34. The molecule has 0 saturated carbocycles. The second kappa shape index (κ2) is 7.19. The quantitative estimate of drug-likeness (QED) is 0.243. The fourth-order valence-electron chi connectivity index (χ4n) is 5.34. The van der Waals surface area contributed by atoms with Crippen LogP contribution in [0.1, 0.15) is 0 Å². The van der Waals surface area contributed by atoms with Crippen molar-refractivity contribution in [1.29, 1.82) is 0 Å². The van der Waals surface area contributed by atoms with Gasteiger partial charge in [-0.3, -0.25) is 0 Å². The van der Waals surface area contributed by atoms with Crippen molar-refractivity contribution >= 4 is 66.8 Å². The summed E-state index contributed by atoms with van der Waals surface area (Å²) in [6, 6.07) is 34.8. The van der Waals surface area contributed by atoms with E-state index < -0.39 is 7.12 Å². The van der Waals surface area contributed by atoms with E-state index in [-0.39, 0.29) is 0 Å². The van der Waals surface area contributed by atoms with Gasteiger partial charge < -0.3 is 14.5 Å². The summed E-state index contributed by atoms with van der Waals surface area (Å²) < 4.78 is 6.68. The first-order chi connectivity index (χ1) is 16.7. The minimum Gasteiger partial charge on any atom is -0.455 e. The van der Waals surface area contributed by atoms with Crippen molar-refractivity contribution in [2.45, 2.75) is 0 Å². The van der Waals surface area contributed by atoms with E-state index in [0.717, 1.165) is 38.5 Å². The van der Waals surface area contributed by atoms with Crippen LogP contribution in [0.25, 0.3) is 65.4 Å². The van der Waals surface area contributed by atoms with Gasteiger partial charge in [0.25, 0.3) is 0 Å². The summed E-state index contributed by atoms with van der Waals surface area (Å²) in [7, 11) is -1.52. The monoisotopic (exact) mass is 438 g/mol. The first kappa shape index (κ1) is 19.4. The van der Waals surface area contributed by atoms with Gasteiger partial charge in [0.15, 0.2) is 0 Å².